The first-order valence-electron chi connectivity index (χ1n) is 9.48. The molecular formula is C22H25NO5. The number of hydrogen-bond donors (Lipinski definition) is 1. The van der Waals surface area contributed by atoms with Crippen LogP contribution >= 0.6 is 0 Å². The number of hydrogen-bond acceptors (Lipinski definition) is 6. The third-order valence-corrected chi connectivity index (χ3v) is 4.88. The lowest BCUT2D eigenvalue weighted by atomic mass is 9.71. The van der Waals surface area contributed by atoms with Gasteiger partial charge in [-0.05, 0) is 44.9 Å². The third-order valence-electron chi connectivity index (χ3n) is 4.88. The Morgan fingerprint density at radius 3 is 2.43 bits per heavy atom. The molecule has 6 heteroatoms. The SMILES string of the molecule is CC(=O)Oc1ccc(C2C(C(=O)OC(C)C)=C(C)NC3=CCCC(=O)C32)cc1. The second-order valence-electron chi connectivity index (χ2n) is 7.40. The molecule has 1 aliphatic carbocycles. The molecule has 0 bridgehead atoms. The first kappa shape index (κ1) is 19.9. The van der Waals surface area contributed by atoms with Crippen molar-refractivity contribution in [3.05, 3.63) is 52.9 Å². The van der Waals surface area contributed by atoms with Crippen LogP contribution in [0.3, 0.4) is 0 Å². The number of ether oxygens (including phenoxy) is 2. The highest BCUT2D eigenvalue weighted by Gasteiger charge is 2.43. The molecule has 2 unspecified atom stereocenters. The number of fused-ring (bicyclic) bond motifs is 1. The number of nitrogens with one attached hydrogen (secondary N) is 1. The number of allylic oxidation sites excluding steroid dienone is 3. The number of ketones is 1. The maximum atomic E-state index is 12.9. The fourth-order valence-electron chi connectivity index (χ4n) is 3.83. The van der Waals surface area contributed by atoms with Gasteiger partial charge in [-0.25, -0.2) is 4.79 Å². The van der Waals surface area contributed by atoms with Crippen LogP contribution in [0, 0.1) is 5.92 Å². The molecule has 2 aliphatic rings. The number of esters is 2. The highest BCUT2D eigenvalue weighted by Crippen LogP contribution is 2.44. The van der Waals surface area contributed by atoms with E-state index in [1.54, 1.807) is 38.1 Å². The molecule has 1 heterocycles. The molecule has 1 aromatic rings. The van der Waals surface area contributed by atoms with Crippen molar-refractivity contribution in [2.45, 2.75) is 52.6 Å². The van der Waals surface area contributed by atoms with E-state index in [4.69, 9.17) is 9.47 Å². The van der Waals surface area contributed by atoms with Crippen LogP contribution in [0.15, 0.2) is 47.3 Å². The monoisotopic (exact) mass is 383 g/mol. The molecule has 1 aliphatic heterocycles. The lowest BCUT2D eigenvalue weighted by Crippen LogP contribution is -2.41. The van der Waals surface area contributed by atoms with Crippen LogP contribution in [-0.2, 0) is 19.1 Å². The second-order valence-corrected chi connectivity index (χ2v) is 7.40. The zero-order valence-corrected chi connectivity index (χ0v) is 16.6. The molecule has 3 rings (SSSR count). The van der Waals surface area contributed by atoms with Gasteiger partial charge in [0.05, 0.1) is 17.6 Å². The average molecular weight is 383 g/mol. The molecule has 2 atom stereocenters. The normalized spacial score (nSPS) is 21.6. The first-order valence-corrected chi connectivity index (χ1v) is 9.48. The number of carbonyl (C=O) groups is 3. The van der Waals surface area contributed by atoms with E-state index < -0.39 is 23.8 Å². The number of rotatable bonds is 4. The van der Waals surface area contributed by atoms with Gasteiger partial charge < -0.3 is 14.8 Å². The van der Waals surface area contributed by atoms with E-state index in [1.807, 2.05) is 13.0 Å². The Bertz CT molecular complexity index is 863. The quantitative estimate of drug-likeness (QED) is 0.634. The topological polar surface area (TPSA) is 81.7 Å². The number of benzene rings is 1. The van der Waals surface area contributed by atoms with Gasteiger partial charge in [0.15, 0.2) is 0 Å². The lowest BCUT2D eigenvalue weighted by Gasteiger charge is -2.38. The molecule has 1 N–H and O–H groups in total. The Hall–Kier alpha value is -2.89. The predicted molar refractivity (Wildman–Crippen MR) is 103 cm³/mol. The lowest BCUT2D eigenvalue weighted by molar-refractivity contribution is -0.143. The van der Waals surface area contributed by atoms with Crippen molar-refractivity contribution in [3.63, 3.8) is 0 Å². The van der Waals surface area contributed by atoms with Crippen LogP contribution in [-0.4, -0.2) is 23.8 Å². The summed E-state index contributed by atoms with van der Waals surface area (Å²) in [5.41, 5.74) is 2.80. The number of carbonyl (C=O) groups excluding carboxylic acids is 3. The van der Waals surface area contributed by atoms with Gasteiger partial charge >= 0.3 is 11.9 Å². The van der Waals surface area contributed by atoms with Crippen molar-refractivity contribution in [2.75, 3.05) is 0 Å². The minimum Gasteiger partial charge on any atom is -0.460 e. The Morgan fingerprint density at radius 2 is 1.82 bits per heavy atom. The van der Waals surface area contributed by atoms with Crippen LogP contribution in [0.25, 0.3) is 0 Å². The van der Waals surface area contributed by atoms with Gasteiger partial charge in [-0.2, -0.15) is 0 Å². The van der Waals surface area contributed by atoms with Gasteiger partial charge in [-0.15, -0.1) is 0 Å². The molecule has 0 aromatic heterocycles. The van der Waals surface area contributed by atoms with E-state index in [2.05, 4.69) is 5.32 Å². The Kier molecular flexibility index (Phi) is 5.68. The van der Waals surface area contributed by atoms with Gasteiger partial charge in [0.2, 0.25) is 0 Å². The molecule has 28 heavy (non-hydrogen) atoms. The molecule has 0 saturated heterocycles. The summed E-state index contributed by atoms with van der Waals surface area (Å²) in [5.74, 6) is -1.21. The van der Waals surface area contributed by atoms with Crippen molar-refractivity contribution in [1.29, 1.82) is 0 Å². The predicted octanol–water partition coefficient (Wildman–Crippen LogP) is 3.39. The Labute approximate surface area is 164 Å². The molecule has 0 fully saturated rings. The highest BCUT2D eigenvalue weighted by molar-refractivity contribution is 5.96. The van der Waals surface area contributed by atoms with E-state index >= 15 is 0 Å². The van der Waals surface area contributed by atoms with E-state index in [1.165, 1.54) is 6.92 Å². The van der Waals surface area contributed by atoms with Crippen LogP contribution in [0.5, 0.6) is 5.75 Å². The standard InChI is InChI=1S/C22H25NO5/c1-12(2)27-22(26)19-13(3)23-17-6-5-7-18(25)21(17)20(19)15-8-10-16(11-9-15)28-14(4)24/h6,8-12,20-21,23H,5,7H2,1-4H3. The fourth-order valence-corrected chi connectivity index (χ4v) is 3.83. The van der Waals surface area contributed by atoms with Crippen LogP contribution in [0.1, 0.15) is 52.0 Å². The summed E-state index contributed by atoms with van der Waals surface area (Å²) < 4.78 is 10.6. The highest BCUT2D eigenvalue weighted by atomic mass is 16.5. The van der Waals surface area contributed by atoms with Crippen LogP contribution < -0.4 is 10.1 Å². The maximum absolute atomic E-state index is 12.9. The van der Waals surface area contributed by atoms with E-state index in [0.717, 1.165) is 11.3 Å². The minimum atomic E-state index is -0.452. The van der Waals surface area contributed by atoms with Gasteiger partial charge in [-0.3, -0.25) is 9.59 Å². The zero-order valence-electron chi connectivity index (χ0n) is 16.6. The average Bonchev–Trinajstić information content (AvgIpc) is 2.60. The summed E-state index contributed by atoms with van der Waals surface area (Å²) in [7, 11) is 0. The fraction of sp³-hybridized carbons (Fsp3) is 0.409. The molecular weight excluding hydrogens is 358 g/mol. The van der Waals surface area contributed by atoms with Crippen molar-refractivity contribution < 1.29 is 23.9 Å². The summed E-state index contributed by atoms with van der Waals surface area (Å²) in [6.07, 6.45) is 2.90. The molecule has 0 spiro atoms. The smallest absolute Gasteiger partial charge is 0.336 e. The Morgan fingerprint density at radius 1 is 1.14 bits per heavy atom. The Balaban J connectivity index is 2.07. The van der Waals surface area contributed by atoms with E-state index in [-0.39, 0.29) is 11.9 Å². The van der Waals surface area contributed by atoms with Crippen LogP contribution in [0.2, 0.25) is 0 Å². The molecule has 6 nitrogen and oxygen atoms in total. The van der Waals surface area contributed by atoms with Crippen molar-refractivity contribution in [1.82, 2.24) is 5.32 Å². The second kappa shape index (κ2) is 8.00. The molecule has 1 aromatic carbocycles. The largest absolute Gasteiger partial charge is 0.460 e. The molecule has 0 amide bonds. The number of Topliss-reactive ketones (excluding diaryl/α,β-unsaturated/α-hetero) is 1. The van der Waals surface area contributed by atoms with E-state index in [0.29, 0.717) is 29.9 Å². The molecule has 0 saturated carbocycles. The molecule has 148 valence electrons. The first-order chi connectivity index (χ1) is 13.3. The van der Waals surface area contributed by atoms with Crippen molar-refractivity contribution in [2.24, 2.45) is 5.92 Å². The summed E-state index contributed by atoms with van der Waals surface area (Å²) >= 11 is 0. The summed E-state index contributed by atoms with van der Waals surface area (Å²) in [6, 6.07) is 6.94. The summed E-state index contributed by atoms with van der Waals surface area (Å²) in [6.45, 7) is 6.76. The zero-order chi connectivity index (χ0) is 20.4. The van der Waals surface area contributed by atoms with Gasteiger partial charge in [-0.1, -0.05) is 18.2 Å². The minimum absolute atomic E-state index is 0.0985. The van der Waals surface area contributed by atoms with Gasteiger partial charge in [0.1, 0.15) is 11.5 Å². The van der Waals surface area contributed by atoms with Gasteiger partial charge in [0.25, 0.3) is 0 Å². The molecule has 0 radical (unpaired) electrons. The summed E-state index contributed by atoms with van der Waals surface area (Å²) in [4.78, 5) is 36.8. The van der Waals surface area contributed by atoms with Gasteiger partial charge in [0, 0.05) is 30.7 Å². The summed E-state index contributed by atoms with van der Waals surface area (Å²) in [5, 5.41) is 3.24. The van der Waals surface area contributed by atoms with Crippen molar-refractivity contribution in [3.8, 4) is 5.75 Å². The third kappa shape index (κ3) is 4.01. The van der Waals surface area contributed by atoms with E-state index in [9.17, 15) is 14.4 Å². The van der Waals surface area contributed by atoms with Crippen LogP contribution in [0.4, 0.5) is 0 Å². The van der Waals surface area contributed by atoms with Crippen molar-refractivity contribution >= 4 is 17.7 Å². The maximum Gasteiger partial charge on any atom is 0.336 e.